The maximum atomic E-state index is 11.3. The lowest BCUT2D eigenvalue weighted by Gasteiger charge is -2.10. The molecule has 0 heterocycles. The van der Waals surface area contributed by atoms with Crippen LogP contribution in [0.2, 0.25) is 0 Å². The van der Waals surface area contributed by atoms with Crippen molar-refractivity contribution in [3.05, 3.63) is 24.3 Å². The van der Waals surface area contributed by atoms with E-state index >= 15 is 0 Å². The molecule has 1 aromatic rings. The monoisotopic (exact) mass is 236 g/mol. The lowest BCUT2D eigenvalue weighted by atomic mass is 10.1. The molecule has 0 bridgehead atoms. The van der Waals surface area contributed by atoms with Gasteiger partial charge in [-0.3, -0.25) is 4.79 Å². The Balaban J connectivity index is 2.21. The summed E-state index contributed by atoms with van der Waals surface area (Å²) < 4.78 is 5.45. The van der Waals surface area contributed by atoms with Crippen molar-refractivity contribution in [1.29, 1.82) is 0 Å². The van der Waals surface area contributed by atoms with Crippen molar-refractivity contribution in [2.75, 3.05) is 18.9 Å². The van der Waals surface area contributed by atoms with Gasteiger partial charge >= 0.3 is 0 Å². The first-order chi connectivity index (χ1) is 8.09. The molecule has 3 N–H and O–H groups in total. The van der Waals surface area contributed by atoms with Crippen molar-refractivity contribution in [1.82, 2.24) is 5.32 Å². The molecule has 0 fully saturated rings. The molecule has 0 radical (unpaired) electrons. The van der Waals surface area contributed by atoms with Gasteiger partial charge in [-0.05, 0) is 18.1 Å². The summed E-state index contributed by atoms with van der Waals surface area (Å²) in [7, 11) is 0. The summed E-state index contributed by atoms with van der Waals surface area (Å²) in [5.74, 6) is 1.09. The number of anilines is 1. The molecule has 4 heteroatoms. The van der Waals surface area contributed by atoms with E-state index in [0.29, 0.717) is 36.9 Å². The molecule has 0 spiro atoms. The van der Waals surface area contributed by atoms with Gasteiger partial charge in [0, 0.05) is 6.42 Å². The van der Waals surface area contributed by atoms with Crippen LogP contribution in [0.3, 0.4) is 0 Å². The summed E-state index contributed by atoms with van der Waals surface area (Å²) >= 11 is 0. The van der Waals surface area contributed by atoms with Gasteiger partial charge in [0.15, 0.2) is 0 Å². The number of para-hydroxylation sites is 2. The third-order valence-electron chi connectivity index (χ3n) is 2.19. The largest absolute Gasteiger partial charge is 0.490 e. The zero-order valence-electron chi connectivity index (χ0n) is 10.4. The maximum Gasteiger partial charge on any atom is 0.220 e. The molecule has 0 aliphatic heterocycles. The number of nitrogen functional groups attached to an aromatic ring is 1. The van der Waals surface area contributed by atoms with Gasteiger partial charge in [0.05, 0.1) is 12.2 Å². The molecule has 0 saturated carbocycles. The fraction of sp³-hybridized carbons (Fsp3) is 0.462. The molecule has 0 aromatic heterocycles. The van der Waals surface area contributed by atoms with E-state index in [1.807, 2.05) is 32.0 Å². The van der Waals surface area contributed by atoms with E-state index in [0.717, 1.165) is 0 Å². The summed E-state index contributed by atoms with van der Waals surface area (Å²) in [6, 6.07) is 7.31. The van der Waals surface area contributed by atoms with Crippen LogP contribution in [0.4, 0.5) is 5.69 Å². The van der Waals surface area contributed by atoms with Crippen LogP contribution in [-0.2, 0) is 4.79 Å². The second-order valence-electron chi connectivity index (χ2n) is 4.33. The molecule has 1 aromatic carbocycles. The second-order valence-corrected chi connectivity index (χ2v) is 4.33. The summed E-state index contributed by atoms with van der Waals surface area (Å²) in [5, 5.41) is 2.80. The zero-order chi connectivity index (χ0) is 12.7. The van der Waals surface area contributed by atoms with Crippen LogP contribution in [-0.4, -0.2) is 19.1 Å². The molecular weight excluding hydrogens is 216 g/mol. The summed E-state index contributed by atoms with van der Waals surface area (Å²) in [6.45, 7) is 4.96. The van der Waals surface area contributed by atoms with Crippen molar-refractivity contribution in [3.63, 3.8) is 0 Å². The number of nitrogens with one attached hydrogen (secondary N) is 1. The van der Waals surface area contributed by atoms with Crippen molar-refractivity contribution < 1.29 is 9.53 Å². The van der Waals surface area contributed by atoms with E-state index in [1.54, 1.807) is 6.07 Å². The van der Waals surface area contributed by atoms with E-state index in [-0.39, 0.29) is 5.91 Å². The predicted octanol–water partition coefficient (Wildman–Crippen LogP) is 1.81. The van der Waals surface area contributed by atoms with Crippen LogP contribution < -0.4 is 15.8 Å². The Morgan fingerprint density at radius 1 is 1.41 bits per heavy atom. The van der Waals surface area contributed by atoms with Crippen LogP contribution in [0.5, 0.6) is 5.75 Å². The molecule has 0 aliphatic carbocycles. The highest BCUT2D eigenvalue weighted by molar-refractivity contribution is 5.76. The Bertz CT molecular complexity index is 364. The Morgan fingerprint density at radius 2 is 2.12 bits per heavy atom. The maximum absolute atomic E-state index is 11.3. The standard InChI is InChI=1S/C13H20N2O2/c1-10(2)9-13(16)15-7-8-17-12-6-4-3-5-11(12)14/h3-6,10H,7-9,14H2,1-2H3,(H,15,16). The minimum absolute atomic E-state index is 0.0598. The predicted molar refractivity (Wildman–Crippen MR) is 68.8 cm³/mol. The fourth-order valence-corrected chi connectivity index (χ4v) is 1.41. The summed E-state index contributed by atoms with van der Waals surface area (Å²) in [6.07, 6.45) is 0.549. The number of ether oxygens (including phenoxy) is 1. The Hall–Kier alpha value is -1.71. The van der Waals surface area contributed by atoms with Gasteiger partial charge in [-0.2, -0.15) is 0 Å². The molecule has 1 amide bonds. The van der Waals surface area contributed by atoms with Gasteiger partial charge in [0.2, 0.25) is 5.91 Å². The summed E-state index contributed by atoms with van der Waals surface area (Å²) in [5.41, 5.74) is 6.33. The number of carbonyl (C=O) groups is 1. The van der Waals surface area contributed by atoms with E-state index in [4.69, 9.17) is 10.5 Å². The molecule has 0 saturated heterocycles. The number of carbonyl (C=O) groups excluding carboxylic acids is 1. The first-order valence-electron chi connectivity index (χ1n) is 5.83. The number of amides is 1. The van der Waals surface area contributed by atoms with Crippen LogP contribution in [0, 0.1) is 5.92 Å². The van der Waals surface area contributed by atoms with Crippen molar-refractivity contribution in [2.24, 2.45) is 5.92 Å². The molecule has 0 aliphatic rings. The zero-order valence-corrected chi connectivity index (χ0v) is 10.4. The third-order valence-corrected chi connectivity index (χ3v) is 2.19. The van der Waals surface area contributed by atoms with Gasteiger partial charge in [0.1, 0.15) is 12.4 Å². The molecule has 0 unspecified atom stereocenters. The summed E-state index contributed by atoms with van der Waals surface area (Å²) in [4.78, 5) is 11.3. The van der Waals surface area contributed by atoms with Gasteiger partial charge in [0.25, 0.3) is 0 Å². The third kappa shape index (κ3) is 5.24. The number of nitrogens with two attached hydrogens (primary N) is 1. The van der Waals surface area contributed by atoms with Crippen molar-refractivity contribution in [2.45, 2.75) is 20.3 Å². The van der Waals surface area contributed by atoms with Crippen LogP contribution in [0.1, 0.15) is 20.3 Å². The Labute approximate surface area is 102 Å². The molecule has 17 heavy (non-hydrogen) atoms. The molecule has 1 rings (SSSR count). The Kier molecular flexibility index (Phi) is 5.33. The van der Waals surface area contributed by atoms with E-state index in [2.05, 4.69) is 5.32 Å². The van der Waals surface area contributed by atoms with E-state index in [9.17, 15) is 4.79 Å². The number of benzene rings is 1. The van der Waals surface area contributed by atoms with Crippen LogP contribution in [0.25, 0.3) is 0 Å². The lowest BCUT2D eigenvalue weighted by molar-refractivity contribution is -0.121. The molecular formula is C13H20N2O2. The van der Waals surface area contributed by atoms with E-state index in [1.165, 1.54) is 0 Å². The van der Waals surface area contributed by atoms with Gasteiger partial charge < -0.3 is 15.8 Å². The SMILES string of the molecule is CC(C)CC(=O)NCCOc1ccccc1N. The van der Waals surface area contributed by atoms with Crippen molar-refractivity contribution in [3.8, 4) is 5.75 Å². The quantitative estimate of drug-likeness (QED) is 0.585. The van der Waals surface area contributed by atoms with Crippen molar-refractivity contribution >= 4 is 11.6 Å². The van der Waals surface area contributed by atoms with E-state index < -0.39 is 0 Å². The number of hydrogen-bond donors (Lipinski definition) is 2. The van der Waals surface area contributed by atoms with Crippen LogP contribution in [0.15, 0.2) is 24.3 Å². The molecule has 0 atom stereocenters. The van der Waals surface area contributed by atoms with Gasteiger partial charge in [-0.1, -0.05) is 26.0 Å². The highest BCUT2D eigenvalue weighted by atomic mass is 16.5. The average molecular weight is 236 g/mol. The minimum Gasteiger partial charge on any atom is -0.490 e. The average Bonchev–Trinajstić information content (AvgIpc) is 2.25. The van der Waals surface area contributed by atoms with Crippen LogP contribution >= 0.6 is 0 Å². The fourth-order valence-electron chi connectivity index (χ4n) is 1.41. The molecule has 94 valence electrons. The smallest absolute Gasteiger partial charge is 0.220 e. The first-order valence-corrected chi connectivity index (χ1v) is 5.83. The number of rotatable bonds is 6. The van der Waals surface area contributed by atoms with Gasteiger partial charge in [-0.15, -0.1) is 0 Å². The highest BCUT2D eigenvalue weighted by Crippen LogP contribution is 2.19. The lowest BCUT2D eigenvalue weighted by Crippen LogP contribution is -2.28. The molecule has 4 nitrogen and oxygen atoms in total. The highest BCUT2D eigenvalue weighted by Gasteiger charge is 2.04. The minimum atomic E-state index is 0.0598. The first kappa shape index (κ1) is 13.4. The normalized spacial score (nSPS) is 10.3. The Morgan fingerprint density at radius 3 is 2.76 bits per heavy atom. The second kappa shape index (κ2) is 6.78. The topological polar surface area (TPSA) is 64.3 Å². The number of hydrogen-bond acceptors (Lipinski definition) is 3. The van der Waals surface area contributed by atoms with Gasteiger partial charge in [-0.25, -0.2) is 0 Å².